The van der Waals surface area contributed by atoms with Crippen molar-refractivity contribution in [3.05, 3.63) is 63.2 Å². The van der Waals surface area contributed by atoms with Gasteiger partial charge in [0.15, 0.2) is 0 Å². The van der Waals surface area contributed by atoms with Crippen LogP contribution in [0.3, 0.4) is 0 Å². The van der Waals surface area contributed by atoms with Gasteiger partial charge in [-0.05, 0) is 29.6 Å². The highest BCUT2D eigenvalue weighted by Gasteiger charge is 2.09. The second-order valence-electron chi connectivity index (χ2n) is 4.04. The first-order valence-electron chi connectivity index (χ1n) is 5.70. The molecule has 1 aromatic carbocycles. The van der Waals surface area contributed by atoms with Crippen molar-refractivity contribution >= 4 is 33.7 Å². The summed E-state index contributed by atoms with van der Waals surface area (Å²) in [5.41, 5.74) is 1.09. The lowest BCUT2D eigenvalue weighted by atomic mass is 10.1. The van der Waals surface area contributed by atoms with Gasteiger partial charge in [0.25, 0.3) is 11.5 Å². The number of aromatic nitrogens is 1. The normalized spacial score (nSPS) is 10.5. The number of fused-ring (bicyclic) bond motifs is 1. The summed E-state index contributed by atoms with van der Waals surface area (Å²) in [7, 11) is 0. The van der Waals surface area contributed by atoms with Crippen molar-refractivity contribution in [2.45, 2.75) is 0 Å². The van der Waals surface area contributed by atoms with Crippen LogP contribution in [0, 0.1) is 0 Å². The highest BCUT2D eigenvalue weighted by molar-refractivity contribution is 7.08. The second-order valence-corrected chi connectivity index (χ2v) is 4.82. The summed E-state index contributed by atoms with van der Waals surface area (Å²) in [4.78, 5) is 26.3. The monoisotopic (exact) mass is 270 g/mol. The molecule has 2 aromatic heterocycles. The third-order valence-electron chi connectivity index (χ3n) is 2.85. The molecule has 0 aliphatic rings. The molecule has 0 aliphatic heterocycles. The van der Waals surface area contributed by atoms with Gasteiger partial charge in [-0.15, -0.1) is 0 Å². The molecule has 0 unspecified atom stereocenters. The molecule has 0 atom stereocenters. The summed E-state index contributed by atoms with van der Waals surface area (Å²) in [5, 5.41) is 7.76. The van der Waals surface area contributed by atoms with Crippen LogP contribution in [0.4, 0.5) is 5.69 Å². The van der Waals surface area contributed by atoms with E-state index in [1.165, 1.54) is 11.3 Å². The highest BCUT2D eigenvalue weighted by Crippen LogP contribution is 2.21. The average molecular weight is 270 g/mol. The van der Waals surface area contributed by atoms with E-state index in [1.54, 1.807) is 41.9 Å². The first-order chi connectivity index (χ1) is 9.25. The van der Waals surface area contributed by atoms with Gasteiger partial charge in [0.2, 0.25) is 0 Å². The third kappa shape index (κ3) is 2.15. The number of nitrogens with one attached hydrogen (secondary N) is 2. The van der Waals surface area contributed by atoms with Gasteiger partial charge in [0.1, 0.15) is 0 Å². The van der Waals surface area contributed by atoms with E-state index < -0.39 is 0 Å². The van der Waals surface area contributed by atoms with Crippen LogP contribution in [0.5, 0.6) is 0 Å². The number of carbonyl (C=O) groups excluding carboxylic acids is 1. The molecule has 1 amide bonds. The number of aromatic amines is 1. The van der Waals surface area contributed by atoms with Crippen LogP contribution in [-0.2, 0) is 0 Å². The minimum atomic E-state index is -0.172. The Balaban J connectivity index is 2.04. The van der Waals surface area contributed by atoms with Gasteiger partial charge in [0, 0.05) is 28.0 Å². The summed E-state index contributed by atoms with van der Waals surface area (Å²) in [5.74, 6) is -0.172. The van der Waals surface area contributed by atoms with Gasteiger partial charge in [-0.2, -0.15) is 11.3 Å². The Morgan fingerprint density at radius 3 is 2.84 bits per heavy atom. The molecule has 2 heterocycles. The molecule has 0 saturated carbocycles. The van der Waals surface area contributed by atoms with E-state index in [4.69, 9.17) is 0 Å². The standard InChI is InChI=1S/C14H10N2O2S/c17-13(9-5-7-19-8-9)16-12-3-1-2-11-10(12)4-6-15-14(11)18/h1-8H,(H,15,18)(H,16,17). The van der Waals surface area contributed by atoms with Gasteiger partial charge < -0.3 is 10.3 Å². The van der Waals surface area contributed by atoms with Gasteiger partial charge in [-0.3, -0.25) is 9.59 Å². The van der Waals surface area contributed by atoms with Gasteiger partial charge >= 0.3 is 0 Å². The minimum Gasteiger partial charge on any atom is -0.329 e. The summed E-state index contributed by atoms with van der Waals surface area (Å²) in [6, 6.07) is 8.80. The smallest absolute Gasteiger partial charge is 0.256 e. The van der Waals surface area contributed by atoms with Gasteiger partial charge in [0.05, 0.1) is 5.56 Å². The molecule has 5 heteroatoms. The molecule has 3 rings (SSSR count). The third-order valence-corrected chi connectivity index (χ3v) is 3.53. The van der Waals surface area contributed by atoms with Crippen LogP contribution in [-0.4, -0.2) is 10.9 Å². The van der Waals surface area contributed by atoms with Crippen molar-refractivity contribution in [2.75, 3.05) is 5.32 Å². The molecule has 0 aliphatic carbocycles. The topological polar surface area (TPSA) is 62.0 Å². The second kappa shape index (κ2) is 4.70. The summed E-state index contributed by atoms with van der Waals surface area (Å²) in [6.45, 7) is 0. The molecule has 2 N–H and O–H groups in total. The van der Waals surface area contributed by atoms with Crippen LogP contribution < -0.4 is 10.9 Å². The van der Waals surface area contributed by atoms with E-state index in [9.17, 15) is 9.59 Å². The average Bonchev–Trinajstić information content (AvgIpc) is 2.94. The molecular weight excluding hydrogens is 260 g/mol. The highest BCUT2D eigenvalue weighted by atomic mass is 32.1. The van der Waals surface area contributed by atoms with Crippen molar-refractivity contribution in [2.24, 2.45) is 0 Å². The lowest BCUT2D eigenvalue weighted by Gasteiger charge is -2.07. The number of pyridine rings is 1. The lowest BCUT2D eigenvalue weighted by Crippen LogP contribution is -2.12. The molecule has 19 heavy (non-hydrogen) atoms. The van der Waals surface area contributed by atoms with Gasteiger partial charge in [-0.25, -0.2) is 0 Å². The quantitative estimate of drug-likeness (QED) is 0.752. The zero-order valence-electron chi connectivity index (χ0n) is 9.84. The number of hydrogen-bond donors (Lipinski definition) is 2. The SMILES string of the molecule is O=C(Nc1cccc2c(=O)[nH]ccc12)c1ccsc1. The molecule has 94 valence electrons. The fourth-order valence-corrected chi connectivity index (χ4v) is 2.55. The van der Waals surface area contributed by atoms with Crippen molar-refractivity contribution in [1.29, 1.82) is 0 Å². The Bertz CT molecular complexity index is 791. The molecule has 0 radical (unpaired) electrons. The van der Waals surface area contributed by atoms with E-state index in [0.717, 1.165) is 5.39 Å². The maximum absolute atomic E-state index is 12.0. The largest absolute Gasteiger partial charge is 0.329 e. The summed E-state index contributed by atoms with van der Waals surface area (Å²) >= 11 is 1.47. The summed E-state index contributed by atoms with van der Waals surface area (Å²) in [6.07, 6.45) is 1.57. The Morgan fingerprint density at radius 2 is 2.05 bits per heavy atom. The van der Waals surface area contributed by atoms with E-state index in [0.29, 0.717) is 16.6 Å². The number of rotatable bonds is 2. The lowest BCUT2D eigenvalue weighted by molar-refractivity contribution is 0.102. The van der Waals surface area contributed by atoms with Crippen LogP contribution in [0.1, 0.15) is 10.4 Å². The number of thiophene rings is 1. The number of amides is 1. The van der Waals surface area contributed by atoms with Gasteiger partial charge in [-0.1, -0.05) is 6.07 Å². The number of carbonyl (C=O) groups is 1. The van der Waals surface area contributed by atoms with Crippen molar-refractivity contribution < 1.29 is 4.79 Å². The minimum absolute atomic E-state index is 0.163. The summed E-state index contributed by atoms with van der Waals surface area (Å²) < 4.78 is 0. The first kappa shape index (κ1) is 11.7. The van der Waals surface area contributed by atoms with Crippen LogP contribution in [0.15, 0.2) is 52.1 Å². The number of benzene rings is 1. The predicted molar refractivity (Wildman–Crippen MR) is 76.8 cm³/mol. The zero-order chi connectivity index (χ0) is 13.2. The first-order valence-corrected chi connectivity index (χ1v) is 6.64. The van der Waals surface area contributed by atoms with Crippen LogP contribution in [0.2, 0.25) is 0 Å². The Morgan fingerprint density at radius 1 is 1.16 bits per heavy atom. The van der Waals surface area contributed by atoms with Crippen molar-refractivity contribution in [3.63, 3.8) is 0 Å². The molecule has 0 saturated heterocycles. The van der Waals surface area contributed by atoms with E-state index in [2.05, 4.69) is 10.3 Å². The van der Waals surface area contributed by atoms with Crippen molar-refractivity contribution in [3.8, 4) is 0 Å². The molecular formula is C14H10N2O2S. The van der Waals surface area contributed by atoms with Crippen molar-refractivity contribution in [1.82, 2.24) is 4.98 Å². The Kier molecular flexibility index (Phi) is 2.89. The maximum Gasteiger partial charge on any atom is 0.256 e. The molecule has 0 bridgehead atoms. The molecule has 0 fully saturated rings. The maximum atomic E-state index is 12.0. The van der Waals surface area contributed by atoms with E-state index in [-0.39, 0.29) is 11.5 Å². The Labute approximate surface area is 112 Å². The van der Waals surface area contributed by atoms with E-state index in [1.807, 2.05) is 5.38 Å². The molecule has 4 nitrogen and oxygen atoms in total. The fourth-order valence-electron chi connectivity index (χ4n) is 1.92. The Hall–Kier alpha value is -2.40. The molecule has 0 spiro atoms. The number of anilines is 1. The van der Waals surface area contributed by atoms with Crippen LogP contribution in [0.25, 0.3) is 10.8 Å². The van der Waals surface area contributed by atoms with E-state index >= 15 is 0 Å². The fraction of sp³-hybridized carbons (Fsp3) is 0. The zero-order valence-corrected chi connectivity index (χ0v) is 10.7. The van der Waals surface area contributed by atoms with Crippen LogP contribution >= 0.6 is 11.3 Å². The predicted octanol–water partition coefficient (Wildman–Crippen LogP) is 2.84. The number of hydrogen-bond acceptors (Lipinski definition) is 3. The number of H-pyrrole nitrogens is 1. The molecule has 3 aromatic rings.